The zero-order chi connectivity index (χ0) is 20.6. The van der Waals surface area contributed by atoms with Crippen molar-refractivity contribution in [2.45, 2.75) is 26.0 Å². The van der Waals surface area contributed by atoms with Crippen LogP contribution in [-0.2, 0) is 27.0 Å². The summed E-state index contributed by atoms with van der Waals surface area (Å²) in [5.41, 5.74) is 4.02. The summed E-state index contributed by atoms with van der Waals surface area (Å²) >= 11 is 1.74. The number of thioether (sulfide) groups is 1. The Bertz CT molecular complexity index is 898. The number of hydrogen-bond donors (Lipinski definition) is 1. The average molecular weight is 421 g/mol. The van der Waals surface area contributed by atoms with Gasteiger partial charge >= 0.3 is 0 Å². The van der Waals surface area contributed by atoms with E-state index >= 15 is 0 Å². The van der Waals surface area contributed by atoms with E-state index in [4.69, 9.17) is 0 Å². The number of nitrogens with zero attached hydrogens (tertiary/aromatic N) is 1. The first-order valence-electron chi connectivity index (χ1n) is 9.27. The van der Waals surface area contributed by atoms with Gasteiger partial charge in [-0.3, -0.25) is 9.10 Å². The van der Waals surface area contributed by atoms with Gasteiger partial charge in [0, 0.05) is 18.1 Å². The molecule has 0 atom stereocenters. The van der Waals surface area contributed by atoms with Crippen molar-refractivity contribution in [3.05, 3.63) is 65.2 Å². The summed E-state index contributed by atoms with van der Waals surface area (Å²) < 4.78 is 25.7. The monoisotopic (exact) mass is 420 g/mol. The highest BCUT2D eigenvalue weighted by Gasteiger charge is 2.22. The summed E-state index contributed by atoms with van der Waals surface area (Å²) in [7, 11) is -3.55. The first-order chi connectivity index (χ1) is 13.3. The standard InChI is InChI=1S/C21H28N2O3S2/c1-4-18-10-7-8-12-20(18)23(28(3,25)26)15-21(24)22-13-14-27-16-19-11-6-5-9-17(19)2/h5-12H,4,13-16H2,1-3H3,(H,22,24). The number of carbonyl (C=O) groups is 1. The normalized spacial score (nSPS) is 11.2. The van der Waals surface area contributed by atoms with Crippen LogP contribution in [0.4, 0.5) is 5.69 Å². The number of carbonyl (C=O) groups excluding carboxylic acids is 1. The molecule has 2 aromatic carbocycles. The molecule has 152 valence electrons. The molecule has 7 heteroatoms. The van der Waals surface area contributed by atoms with E-state index in [0.29, 0.717) is 18.7 Å². The first kappa shape index (κ1) is 22.3. The topological polar surface area (TPSA) is 66.5 Å². The maximum atomic E-state index is 12.3. The second kappa shape index (κ2) is 10.5. The fourth-order valence-corrected chi connectivity index (χ4v) is 4.66. The molecule has 28 heavy (non-hydrogen) atoms. The quantitative estimate of drug-likeness (QED) is 0.599. The molecule has 0 aromatic heterocycles. The summed E-state index contributed by atoms with van der Waals surface area (Å²) in [5.74, 6) is 1.36. The lowest BCUT2D eigenvalue weighted by Gasteiger charge is -2.24. The molecule has 1 amide bonds. The zero-order valence-electron chi connectivity index (χ0n) is 16.6. The number of para-hydroxylation sites is 1. The number of benzene rings is 2. The van der Waals surface area contributed by atoms with Gasteiger partial charge in [-0.05, 0) is 36.1 Å². The van der Waals surface area contributed by atoms with E-state index in [1.54, 1.807) is 23.9 Å². The van der Waals surface area contributed by atoms with Gasteiger partial charge < -0.3 is 5.32 Å². The predicted octanol–water partition coefficient (Wildman–Crippen LogP) is 3.37. The Morgan fingerprint density at radius 1 is 1.07 bits per heavy atom. The summed E-state index contributed by atoms with van der Waals surface area (Å²) in [5, 5.41) is 2.83. The SMILES string of the molecule is CCc1ccccc1N(CC(=O)NCCSCc1ccccc1C)S(C)(=O)=O. The van der Waals surface area contributed by atoms with Crippen LogP contribution in [0, 0.1) is 6.92 Å². The van der Waals surface area contributed by atoms with Crippen molar-refractivity contribution < 1.29 is 13.2 Å². The molecule has 0 radical (unpaired) electrons. The van der Waals surface area contributed by atoms with E-state index in [2.05, 4.69) is 24.4 Å². The highest BCUT2D eigenvalue weighted by molar-refractivity contribution is 7.98. The molecule has 0 saturated carbocycles. The Balaban J connectivity index is 1.88. The molecule has 0 fully saturated rings. The van der Waals surface area contributed by atoms with Crippen LogP contribution in [0.25, 0.3) is 0 Å². The van der Waals surface area contributed by atoms with Crippen LogP contribution >= 0.6 is 11.8 Å². The van der Waals surface area contributed by atoms with E-state index in [1.807, 2.05) is 31.2 Å². The third kappa shape index (κ3) is 6.56. The van der Waals surface area contributed by atoms with Crippen LogP contribution < -0.4 is 9.62 Å². The molecule has 5 nitrogen and oxygen atoms in total. The lowest BCUT2D eigenvalue weighted by molar-refractivity contribution is -0.119. The number of rotatable bonds is 10. The zero-order valence-corrected chi connectivity index (χ0v) is 18.3. The number of nitrogens with one attached hydrogen (secondary N) is 1. The van der Waals surface area contributed by atoms with Gasteiger partial charge in [0.15, 0.2) is 0 Å². The van der Waals surface area contributed by atoms with Gasteiger partial charge in [0.25, 0.3) is 0 Å². The third-order valence-corrected chi connectivity index (χ3v) is 6.55. The lowest BCUT2D eigenvalue weighted by atomic mass is 10.1. The second-order valence-corrected chi connectivity index (χ2v) is 9.59. The minimum Gasteiger partial charge on any atom is -0.354 e. The molecule has 1 N–H and O–H groups in total. The van der Waals surface area contributed by atoms with Gasteiger partial charge in [0.2, 0.25) is 15.9 Å². The van der Waals surface area contributed by atoms with E-state index in [9.17, 15) is 13.2 Å². The fraction of sp³-hybridized carbons (Fsp3) is 0.381. The van der Waals surface area contributed by atoms with Crippen LogP contribution in [0.2, 0.25) is 0 Å². The van der Waals surface area contributed by atoms with E-state index in [-0.39, 0.29) is 12.5 Å². The number of amides is 1. The Kier molecular flexibility index (Phi) is 8.38. The Hall–Kier alpha value is -1.99. The van der Waals surface area contributed by atoms with Crippen molar-refractivity contribution in [2.24, 2.45) is 0 Å². The molecule has 0 aliphatic carbocycles. The van der Waals surface area contributed by atoms with Crippen molar-refractivity contribution in [3.63, 3.8) is 0 Å². The van der Waals surface area contributed by atoms with Gasteiger partial charge in [0.05, 0.1) is 11.9 Å². The molecule has 0 unspecified atom stereocenters. The highest BCUT2D eigenvalue weighted by Crippen LogP contribution is 2.23. The van der Waals surface area contributed by atoms with Crippen molar-refractivity contribution in [3.8, 4) is 0 Å². The van der Waals surface area contributed by atoms with Crippen molar-refractivity contribution in [1.29, 1.82) is 0 Å². The molecule has 2 rings (SSSR count). The minimum atomic E-state index is -3.55. The van der Waals surface area contributed by atoms with Gasteiger partial charge in [-0.2, -0.15) is 11.8 Å². The largest absolute Gasteiger partial charge is 0.354 e. The molecule has 0 bridgehead atoms. The van der Waals surface area contributed by atoms with Gasteiger partial charge in [-0.25, -0.2) is 8.42 Å². The van der Waals surface area contributed by atoms with Gasteiger partial charge in [-0.15, -0.1) is 0 Å². The molecule has 0 aliphatic heterocycles. The molecular weight excluding hydrogens is 392 g/mol. The van der Waals surface area contributed by atoms with Crippen LogP contribution in [0.3, 0.4) is 0 Å². The molecule has 2 aromatic rings. The molecule has 0 spiro atoms. The van der Waals surface area contributed by atoms with Crippen molar-refractivity contribution in [1.82, 2.24) is 5.32 Å². The maximum Gasteiger partial charge on any atom is 0.240 e. The Labute approximate surface area is 172 Å². The summed E-state index contributed by atoms with van der Waals surface area (Å²) in [6.07, 6.45) is 1.82. The number of sulfonamides is 1. The lowest BCUT2D eigenvalue weighted by Crippen LogP contribution is -2.41. The van der Waals surface area contributed by atoms with E-state index in [0.717, 1.165) is 23.3 Å². The number of anilines is 1. The Morgan fingerprint density at radius 2 is 1.71 bits per heavy atom. The Morgan fingerprint density at radius 3 is 2.36 bits per heavy atom. The molecular formula is C21H28N2O3S2. The first-order valence-corrected chi connectivity index (χ1v) is 12.3. The maximum absolute atomic E-state index is 12.3. The number of aryl methyl sites for hydroxylation is 2. The van der Waals surface area contributed by atoms with Gasteiger partial charge in [0.1, 0.15) is 6.54 Å². The van der Waals surface area contributed by atoms with Crippen LogP contribution in [0.5, 0.6) is 0 Å². The van der Waals surface area contributed by atoms with Crippen molar-refractivity contribution in [2.75, 3.05) is 29.4 Å². The molecule has 0 aliphatic rings. The highest BCUT2D eigenvalue weighted by atomic mass is 32.2. The molecule has 0 saturated heterocycles. The summed E-state index contributed by atoms with van der Waals surface area (Å²) in [6.45, 7) is 4.34. The molecule has 0 heterocycles. The van der Waals surface area contributed by atoms with Crippen LogP contribution in [0.1, 0.15) is 23.6 Å². The van der Waals surface area contributed by atoms with Crippen molar-refractivity contribution >= 4 is 33.4 Å². The van der Waals surface area contributed by atoms with Crippen LogP contribution in [-0.4, -0.2) is 39.4 Å². The third-order valence-electron chi connectivity index (χ3n) is 4.42. The predicted molar refractivity (Wildman–Crippen MR) is 118 cm³/mol. The summed E-state index contributed by atoms with van der Waals surface area (Å²) in [6, 6.07) is 15.5. The van der Waals surface area contributed by atoms with E-state index in [1.165, 1.54) is 15.4 Å². The summed E-state index contributed by atoms with van der Waals surface area (Å²) in [4.78, 5) is 12.3. The minimum absolute atomic E-state index is 0.210. The van der Waals surface area contributed by atoms with E-state index < -0.39 is 10.0 Å². The van der Waals surface area contributed by atoms with Crippen LogP contribution in [0.15, 0.2) is 48.5 Å². The number of hydrogen-bond acceptors (Lipinski definition) is 4. The second-order valence-electron chi connectivity index (χ2n) is 6.58. The van der Waals surface area contributed by atoms with Gasteiger partial charge in [-0.1, -0.05) is 49.4 Å². The smallest absolute Gasteiger partial charge is 0.240 e. The fourth-order valence-electron chi connectivity index (χ4n) is 2.84. The average Bonchev–Trinajstić information content (AvgIpc) is 2.66.